The number of hydrogen-bond donors (Lipinski definition) is 2. The molecule has 0 saturated heterocycles. The van der Waals surface area contributed by atoms with Gasteiger partial charge in [0.05, 0.1) is 0 Å². The third kappa shape index (κ3) is 9.41. The second-order valence-corrected chi connectivity index (χ2v) is 4.01. The van der Waals surface area contributed by atoms with Crippen LogP contribution < -0.4 is 5.32 Å². The quantitative estimate of drug-likeness (QED) is 0.479. The topological polar surface area (TPSA) is 66.4 Å². The number of carbonyl (C=O) groups excluding carboxylic acids is 1. The molecule has 0 bridgehead atoms. The first kappa shape index (κ1) is 13.3. The van der Waals surface area contributed by atoms with Crippen molar-refractivity contribution in [1.29, 1.82) is 0 Å². The standard InChI is InChI=1S/C9H17NO3S/c1-2-10-9(11)7-5-3-4-6-8-14(12)13/h2H,1,3-8H2,(H,10,11)(H,12,13). The zero-order valence-electron chi connectivity index (χ0n) is 8.20. The largest absolute Gasteiger partial charge is 0.333 e. The lowest BCUT2D eigenvalue weighted by molar-refractivity contribution is -0.120. The van der Waals surface area contributed by atoms with Crippen LogP contribution in [0.4, 0.5) is 0 Å². The van der Waals surface area contributed by atoms with Gasteiger partial charge in [-0.25, -0.2) is 4.21 Å². The maximum Gasteiger partial charge on any atom is 0.223 e. The van der Waals surface area contributed by atoms with Crippen LogP contribution in [0.1, 0.15) is 32.1 Å². The van der Waals surface area contributed by atoms with E-state index in [9.17, 15) is 9.00 Å². The number of nitrogens with one attached hydrogen (secondary N) is 1. The molecule has 0 aliphatic heterocycles. The van der Waals surface area contributed by atoms with Gasteiger partial charge in [-0.1, -0.05) is 19.4 Å². The Bertz CT molecular complexity index is 206. The molecule has 0 spiro atoms. The van der Waals surface area contributed by atoms with Crippen LogP contribution in [0.2, 0.25) is 0 Å². The van der Waals surface area contributed by atoms with E-state index in [4.69, 9.17) is 4.55 Å². The molecule has 0 aromatic carbocycles. The average molecular weight is 219 g/mol. The molecule has 0 rings (SSSR count). The van der Waals surface area contributed by atoms with E-state index in [1.54, 1.807) is 0 Å². The predicted octanol–water partition coefficient (Wildman–Crippen LogP) is 1.42. The summed E-state index contributed by atoms with van der Waals surface area (Å²) in [6, 6.07) is 0. The molecule has 0 aliphatic rings. The summed E-state index contributed by atoms with van der Waals surface area (Å²) in [5.74, 6) is 0.310. The van der Waals surface area contributed by atoms with Crippen LogP contribution in [0.3, 0.4) is 0 Å². The highest BCUT2D eigenvalue weighted by Gasteiger charge is 1.98. The first-order valence-corrected chi connectivity index (χ1v) is 5.92. The van der Waals surface area contributed by atoms with Gasteiger partial charge < -0.3 is 9.87 Å². The van der Waals surface area contributed by atoms with Crippen molar-refractivity contribution in [2.75, 3.05) is 5.75 Å². The summed E-state index contributed by atoms with van der Waals surface area (Å²) in [5, 5.41) is 2.49. The molecule has 4 nitrogen and oxygen atoms in total. The minimum Gasteiger partial charge on any atom is -0.333 e. The summed E-state index contributed by atoms with van der Waals surface area (Å²) in [4.78, 5) is 10.9. The third-order valence-electron chi connectivity index (χ3n) is 1.74. The monoisotopic (exact) mass is 219 g/mol. The van der Waals surface area contributed by atoms with Gasteiger partial charge in [0.1, 0.15) is 0 Å². The Morgan fingerprint density at radius 3 is 2.57 bits per heavy atom. The summed E-state index contributed by atoms with van der Waals surface area (Å²) < 4.78 is 18.7. The Morgan fingerprint density at radius 2 is 2.00 bits per heavy atom. The van der Waals surface area contributed by atoms with Crippen LogP contribution in [0, 0.1) is 0 Å². The molecule has 0 heterocycles. The van der Waals surface area contributed by atoms with Crippen molar-refractivity contribution >= 4 is 17.0 Å². The Hall–Kier alpha value is -0.680. The first-order valence-electron chi connectivity index (χ1n) is 4.64. The molecule has 1 amide bonds. The maximum atomic E-state index is 10.9. The van der Waals surface area contributed by atoms with E-state index in [1.165, 1.54) is 6.20 Å². The number of unbranched alkanes of at least 4 members (excludes halogenated alkanes) is 3. The lowest BCUT2D eigenvalue weighted by Crippen LogP contribution is -2.15. The lowest BCUT2D eigenvalue weighted by atomic mass is 10.1. The first-order chi connectivity index (χ1) is 6.66. The van der Waals surface area contributed by atoms with Gasteiger partial charge in [0.15, 0.2) is 11.1 Å². The Morgan fingerprint density at radius 1 is 1.36 bits per heavy atom. The highest BCUT2D eigenvalue weighted by atomic mass is 32.2. The molecule has 14 heavy (non-hydrogen) atoms. The van der Waals surface area contributed by atoms with Crippen LogP contribution in [-0.4, -0.2) is 20.4 Å². The van der Waals surface area contributed by atoms with E-state index in [2.05, 4.69) is 11.9 Å². The van der Waals surface area contributed by atoms with Gasteiger partial charge in [0.25, 0.3) is 0 Å². The molecule has 1 unspecified atom stereocenters. The Balaban J connectivity index is 3.17. The highest BCUT2D eigenvalue weighted by molar-refractivity contribution is 7.79. The van der Waals surface area contributed by atoms with E-state index in [-0.39, 0.29) is 5.91 Å². The molecular weight excluding hydrogens is 202 g/mol. The van der Waals surface area contributed by atoms with Crippen molar-refractivity contribution in [3.63, 3.8) is 0 Å². The minimum atomic E-state index is -1.68. The molecule has 82 valence electrons. The molecule has 0 aliphatic carbocycles. The molecule has 0 aromatic rings. The van der Waals surface area contributed by atoms with Crippen molar-refractivity contribution in [3.8, 4) is 0 Å². The Labute approximate surface area is 87.1 Å². The SMILES string of the molecule is C=CNC(=O)CCCCCCS(=O)O. The molecule has 0 saturated carbocycles. The van der Waals surface area contributed by atoms with Gasteiger partial charge in [-0.2, -0.15) is 0 Å². The van der Waals surface area contributed by atoms with Gasteiger partial charge in [-0.3, -0.25) is 4.79 Å². The van der Waals surface area contributed by atoms with E-state index in [0.29, 0.717) is 12.2 Å². The van der Waals surface area contributed by atoms with Crippen LogP contribution in [0.15, 0.2) is 12.8 Å². The van der Waals surface area contributed by atoms with Gasteiger partial charge in [-0.15, -0.1) is 0 Å². The molecular formula is C9H17NO3S. The minimum absolute atomic E-state index is 0.0225. The zero-order chi connectivity index (χ0) is 10.8. The molecule has 0 radical (unpaired) electrons. The second kappa shape index (κ2) is 8.90. The third-order valence-corrected chi connectivity index (χ3v) is 2.37. The second-order valence-electron chi connectivity index (χ2n) is 2.96. The van der Waals surface area contributed by atoms with Crippen LogP contribution in [0.5, 0.6) is 0 Å². The van der Waals surface area contributed by atoms with Crippen LogP contribution in [0.25, 0.3) is 0 Å². The van der Waals surface area contributed by atoms with Crippen LogP contribution >= 0.6 is 0 Å². The fourth-order valence-corrected chi connectivity index (χ4v) is 1.50. The maximum absolute atomic E-state index is 10.9. The molecule has 0 aromatic heterocycles. The highest BCUT2D eigenvalue weighted by Crippen LogP contribution is 2.03. The van der Waals surface area contributed by atoms with Gasteiger partial charge in [0, 0.05) is 12.2 Å². The molecule has 2 N–H and O–H groups in total. The number of amides is 1. The molecule has 0 fully saturated rings. The van der Waals surface area contributed by atoms with Crippen molar-refractivity contribution < 1.29 is 13.6 Å². The van der Waals surface area contributed by atoms with E-state index < -0.39 is 11.1 Å². The molecule has 5 heteroatoms. The number of hydrogen-bond acceptors (Lipinski definition) is 2. The summed E-state index contributed by atoms with van der Waals surface area (Å²) in [7, 11) is 0. The number of carbonyl (C=O) groups is 1. The average Bonchev–Trinajstić information content (AvgIpc) is 2.11. The summed E-state index contributed by atoms with van der Waals surface area (Å²) in [5.41, 5.74) is 0. The van der Waals surface area contributed by atoms with Gasteiger partial charge >= 0.3 is 0 Å². The van der Waals surface area contributed by atoms with Crippen molar-refractivity contribution in [2.24, 2.45) is 0 Å². The van der Waals surface area contributed by atoms with E-state index in [0.717, 1.165) is 25.7 Å². The van der Waals surface area contributed by atoms with E-state index in [1.807, 2.05) is 0 Å². The normalized spacial score (nSPS) is 12.1. The summed E-state index contributed by atoms with van der Waals surface area (Å²) in [6.45, 7) is 3.38. The van der Waals surface area contributed by atoms with Crippen LogP contribution in [-0.2, 0) is 15.9 Å². The van der Waals surface area contributed by atoms with Crippen molar-refractivity contribution in [2.45, 2.75) is 32.1 Å². The van der Waals surface area contributed by atoms with Crippen molar-refractivity contribution in [1.82, 2.24) is 5.32 Å². The fourth-order valence-electron chi connectivity index (χ4n) is 1.05. The lowest BCUT2D eigenvalue weighted by Gasteiger charge is -1.99. The molecule has 1 atom stereocenters. The smallest absolute Gasteiger partial charge is 0.223 e. The predicted molar refractivity (Wildman–Crippen MR) is 57.1 cm³/mol. The fraction of sp³-hybridized carbons (Fsp3) is 0.667. The zero-order valence-corrected chi connectivity index (χ0v) is 9.02. The summed E-state index contributed by atoms with van der Waals surface area (Å²) >= 11 is -1.68. The van der Waals surface area contributed by atoms with Gasteiger partial charge in [-0.05, 0) is 19.0 Å². The summed E-state index contributed by atoms with van der Waals surface area (Å²) in [6.07, 6.45) is 5.24. The number of rotatable bonds is 8. The Kier molecular flexibility index (Phi) is 8.47. The van der Waals surface area contributed by atoms with Gasteiger partial charge in [0.2, 0.25) is 5.91 Å². The van der Waals surface area contributed by atoms with Crippen molar-refractivity contribution in [3.05, 3.63) is 12.8 Å². The van der Waals surface area contributed by atoms with E-state index >= 15 is 0 Å².